The van der Waals surface area contributed by atoms with Gasteiger partial charge in [0, 0.05) is 21.1 Å². The number of nitrogens with two attached hydrogens (primary N) is 1. The molecule has 3 nitrogen and oxygen atoms in total. The lowest BCUT2D eigenvalue weighted by Gasteiger charge is -2.18. The second kappa shape index (κ2) is 7.22. The van der Waals surface area contributed by atoms with Crippen molar-refractivity contribution in [2.24, 2.45) is 5.84 Å². The van der Waals surface area contributed by atoms with Crippen LogP contribution in [0.1, 0.15) is 17.2 Å². The Morgan fingerprint density at radius 1 is 1.33 bits per heavy atom. The lowest BCUT2D eigenvalue weighted by atomic mass is 9.99. The Morgan fingerprint density at radius 3 is 2.67 bits per heavy atom. The molecule has 0 radical (unpaired) electrons. The molecule has 2 aromatic carbocycles. The van der Waals surface area contributed by atoms with Crippen LogP contribution in [0.5, 0.6) is 5.75 Å². The molecule has 0 aliphatic carbocycles. The largest absolute Gasteiger partial charge is 0.497 e. The highest BCUT2D eigenvalue weighted by Gasteiger charge is 2.17. The fourth-order valence-electron chi connectivity index (χ4n) is 2.08. The van der Waals surface area contributed by atoms with Crippen LogP contribution in [0.25, 0.3) is 0 Å². The zero-order valence-corrected chi connectivity index (χ0v) is 13.7. The second-order valence-electron chi connectivity index (χ2n) is 4.55. The van der Waals surface area contributed by atoms with Crippen molar-refractivity contribution in [2.45, 2.75) is 12.5 Å². The molecule has 1 unspecified atom stereocenters. The Balaban J connectivity index is 2.27. The summed E-state index contributed by atoms with van der Waals surface area (Å²) in [5.41, 5.74) is 3.99. The lowest BCUT2D eigenvalue weighted by Crippen LogP contribution is -2.30. The molecule has 21 heavy (non-hydrogen) atoms. The molecule has 0 fully saturated rings. The Bertz CT molecular complexity index is 639. The van der Waals surface area contributed by atoms with Crippen molar-refractivity contribution in [1.82, 2.24) is 5.43 Å². The number of rotatable bonds is 5. The summed E-state index contributed by atoms with van der Waals surface area (Å²) in [4.78, 5) is 0. The standard InChI is InChI=1S/C15H15BrClFN2O/c1-21-11-4-5-12(14(18)8-11)15(20-19)6-9-2-3-10(16)7-13(9)17/h2-5,7-8,15,20H,6,19H2,1H3. The fourth-order valence-corrected chi connectivity index (χ4v) is 2.83. The van der Waals surface area contributed by atoms with E-state index in [-0.39, 0.29) is 11.9 Å². The summed E-state index contributed by atoms with van der Waals surface area (Å²) in [5, 5.41) is 0.610. The van der Waals surface area contributed by atoms with Crippen LogP contribution in [-0.2, 0) is 6.42 Å². The molecule has 0 aliphatic rings. The van der Waals surface area contributed by atoms with Crippen molar-refractivity contribution in [3.8, 4) is 5.75 Å². The van der Waals surface area contributed by atoms with Gasteiger partial charge in [-0.3, -0.25) is 11.3 Å². The van der Waals surface area contributed by atoms with Crippen LogP contribution >= 0.6 is 27.5 Å². The average molecular weight is 374 g/mol. The Morgan fingerprint density at radius 2 is 2.10 bits per heavy atom. The Hall–Kier alpha value is -1.14. The molecule has 1 atom stereocenters. The van der Waals surface area contributed by atoms with Crippen LogP contribution in [-0.4, -0.2) is 7.11 Å². The van der Waals surface area contributed by atoms with Crippen LogP contribution in [0.2, 0.25) is 5.02 Å². The van der Waals surface area contributed by atoms with Crippen molar-refractivity contribution in [1.29, 1.82) is 0 Å². The first kappa shape index (κ1) is 16.2. The van der Waals surface area contributed by atoms with Gasteiger partial charge in [-0.25, -0.2) is 4.39 Å². The van der Waals surface area contributed by atoms with Gasteiger partial charge in [0.2, 0.25) is 0 Å². The molecule has 2 aromatic rings. The number of halogens is 3. The molecule has 0 aromatic heterocycles. The number of hydrogen-bond acceptors (Lipinski definition) is 3. The van der Waals surface area contributed by atoms with E-state index in [4.69, 9.17) is 22.2 Å². The van der Waals surface area contributed by atoms with Gasteiger partial charge in [-0.05, 0) is 30.2 Å². The van der Waals surface area contributed by atoms with E-state index < -0.39 is 0 Å². The first-order chi connectivity index (χ1) is 10.0. The monoisotopic (exact) mass is 372 g/mol. The number of ether oxygens (including phenoxy) is 1. The van der Waals surface area contributed by atoms with E-state index in [2.05, 4.69) is 21.4 Å². The molecule has 0 aliphatic heterocycles. The van der Waals surface area contributed by atoms with Crippen molar-refractivity contribution >= 4 is 27.5 Å². The molecular formula is C15H15BrClFN2O. The summed E-state index contributed by atoms with van der Waals surface area (Å²) in [6, 6.07) is 9.89. The third kappa shape index (κ3) is 3.95. The molecule has 2 rings (SSSR count). The highest BCUT2D eigenvalue weighted by atomic mass is 79.9. The van der Waals surface area contributed by atoms with Crippen molar-refractivity contribution in [2.75, 3.05) is 7.11 Å². The SMILES string of the molecule is COc1ccc(C(Cc2ccc(Br)cc2Cl)NN)c(F)c1. The third-order valence-corrected chi connectivity index (χ3v) is 4.07. The van der Waals surface area contributed by atoms with Gasteiger partial charge in [0.1, 0.15) is 11.6 Å². The molecule has 0 saturated carbocycles. The van der Waals surface area contributed by atoms with E-state index >= 15 is 0 Å². The van der Waals surface area contributed by atoms with E-state index in [0.29, 0.717) is 22.8 Å². The number of hydrogen-bond donors (Lipinski definition) is 2. The summed E-state index contributed by atoms with van der Waals surface area (Å²) in [5.74, 6) is 5.67. The smallest absolute Gasteiger partial charge is 0.131 e. The van der Waals surface area contributed by atoms with Gasteiger partial charge < -0.3 is 4.74 Å². The summed E-state index contributed by atoms with van der Waals surface area (Å²) < 4.78 is 20.0. The van der Waals surface area contributed by atoms with Crippen LogP contribution in [0.15, 0.2) is 40.9 Å². The molecular weight excluding hydrogens is 359 g/mol. The van der Waals surface area contributed by atoms with Gasteiger partial charge in [0.25, 0.3) is 0 Å². The van der Waals surface area contributed by atoms with Gasteiger partial charge >= 0.3 is 0 Å². The van der Waals surface area contributed by atoms with Crippen LogP contribution in [0.4, 0.5) is 4.39 Å². The molecule has 0 heterocycles. The maximum atomic E-state index is 14.1. The predicted molar refractivity (Wildman–Crippen MR) is 85.9 cm³/mol. The number of hydrazine groups is 1. The van der Waals surface area contributed by atoms with Gasteiger partial charge in [-0.15, -0.1) is 0 Å². The molecule has 3 N–H and O–H groups in total. The minimum atomic E-state index is -0.380. The van der Waals surface area contributed by atoms with Crippen molar-refractivity contribution < 1.29 is 9.13 Å². The zero-order chi connectivity index (χ0) is 15.4. The Kier molecular flexibility index (Phi) is 5.58. The number of nitrogens with one attached hydrogen (secondary N) is 1. The van der Waals surface area contributed by atoms with Crippen molar-refractivity contribution in [3.63, 3.8) is 0 Å². The Labute approximate surface area is 136 Å². The third-order valence-electron chi connectivity index (χ3n) is 3.22. The number of methoxy groups -OCH3 is 1. The van der Waals surface area contributed by atoms with Gasteiger partial charge in [-0.2, -0.15) is 0 Å². The predicted octanol–water partition coefficient (Wildman–Crippen LogP) is 4.00. The minimum Gasteiger partial charge on any atom is -0.497 e. The maximum absolute atomic E-state index is 14.1. The fraction of sp³-hybridized carbons (Fsp3) is 0.200. The van der Waals surface area contributed by atoms with Crippen molar-refractivity contribution in [3.05, 3.63) is 62.8 Å². The molecule has 0 bridgehead atoms. The van der Waals surface area contributed by atoms with Crippen LogP contribution in [0, 0.1) is 5.82 Å². The van der Waals surface area contributed by atoms with E-state index in [1.807, 2.05) is 12.1 Å². The van der Waals surface area contributed by atoms with E-state index in [1.165, 1.54) is 13.2 Å². The summed E-state index contributed by atoms with van der Waals surface area (Å²) in [6.45, 7) is 0. The maximum Gasteiger partial charge on any atom is 0.131 e. The highest BCUT2D eigenvalue weighted by molar-refractivity contribution is 9.10. The summed E-state index contributed by atoms with van der Waals surface area (Å²) in [7, 11) is 1.49. The molecule has 0 spiro atoms. The second-order valence-corrected chi connectivity index (χ2v) is 5.87. The molecule has 112 valence electrons. The summed E-state index contributed by atoms with van der Waals surface area (Å²) in [6.07, 6.45) is 0.478. The first-order valence-corrected chi connectivity index (χ1v) is 7.45. The highest BCUT2D eigenvalue weighted by Crippen LogP contribution is 2.28. The normalized spacial score (nSPS) is 12.2. The van der Waals surface area contributed by atoms with Gasteiger partial charge in [-0.1, -0.05) is 39.7 Å². The molecule has 0 saturated heterocycles. The van der Waals surface area contributed by atoms with Crippen LogP contribution < -0.4 is 16.0 Å². The summed E-state index contributed by atoms with van der Waals surface area (Å²) >= 11 is 9.55. The minimum absolute atomic E-state index is 0.370. The van der Waals surface area contributed by atoms with E-state index in [9.17, 15) is 4.39 Å². The topological polar surface area (TPSA) is 47.3 Å². The van der Waals surface area contributed by atoms with Crippen LogP contribution in [0.3, 0.4) is 0 Å². The van der Waals surface area contributed by atoms with E-state index in [0.717, 1.165) is 10.0 Å². The molecule has 0 amide bonds. The molecule has 6 heteroatoms. The van der Waals surface area contributed by atoms with Gasteiger partial charge in [0.05, 0.1) is 13.2 Å². The lowest BCUT2D eigenvalue weighted by molar-refractivity contribution is 0.409. The van der Waals surface area contributed by atoms with Gasteiger partial charge in [0.15, 0.2) is 0 Å². The zero-order valence-electron chi connectivity index (χ0n) is 11.4. The first-order valence-electron chi connectivity index (χ1n) is 6.28. The average Bonchev–Trinajstić information content (AvgIpc) is 2.47. The quantitative estimate of drug-likeness (QED) is 0.615. The van der Waals surface area contributed by atoms with E-state index in [1.54, 1.807) is 18.2 Å². The number of benzene rings is 2.